The molecule has 11 heteroatoms. The molecule has 1 aliphatic rings. The van der Waals surface area contributed by atoms with Crippen molar-refractivity contribution in [2.24, 2.45) is 0 Å². The number of methoxy groups -OCH3 is 1. The zero-order valence-electron chi connectivity index (χ0n) is 16.2. The summed E-state index contributed by atoms with van der Waals surface area (Å²) >= 11 is 3.10. The van der Waals surface area contributed by atoms with Crippen LogP contribution in [-0.2, 0) is 15.2 Å². The highest BCUT2D eigenvalue weighted by Gasteiger charge is 2.47. The van der Waals surface area contributed by atoms with E-state index in [0.29, 0.717) is 16.5 Å². The summed E-state index contributed by atoms with van der Waals surface area (Å²) in [7, 11) is 1.64. The van der Waals surface area contributed by atoms with Crippen LogP contribution >= 0.6 is 23.1 Å². The van der Waals surface area contributed by atoms with Crippen LogP contribution in [0.4, 0.5) is 0 Å². The Balaban J connectivity index is 1.53. The minimum absolute atomic E-state index is 0.441. The van der Waals surface area contributed by atoms with Gasteiger partial charge in [0, 0.05) is 4.90 Å². The van der Waals surface area contributed by atoms with Crippen molar-refractivity contribution >= 4 is 28.1 Å². The molecule has 3 atom stereocenters. The molecule has 3 aromatic rings. The fourth-order valence-corrected chi connectivity index (χ4v) is 4.82. The Labute approximate surface area is 175 Å². The number of benzene rings is 1. The van der Waals surface area contributed by atoms with Crippen molar-refractivity contribution in [1.29, 1.82) is 0 Å². The molecule has 29 heavy (non-hydrogen) atoms. The van der Waals surface area contributed by atoms with Crippen LogP contribution in [0.2, 0.25) is 0 Å². The molecule has 4 rings (SSSR count). The van der Waals surface area contributed by atoms with Gasteiger partial charge in [0.25, 0.3) is 0 Å². The molecule has 0 bridgehead atoms. The van der Waals surface area contributed by atoms with E-state index in [1.807, 2.05) is 24.3 Å². The lowest BCUT2D eigenvalue weighted by Crippen LogP contribution is -2.35. The van der Waals surface area contributed by atoms with Crippen molar-refractivity contribution in [3.63, 3.8) is 0 Å². The number of aliphatic hydroxyl groups excluding tert-OH is 2. The topological polar surface area (TPSA) is 111 Å². The lowest BCUT2D eigenvalue weighted by molar-refractivity contribution is -0.158. The van der Waals surface area contributed by atoms with Gasteiger partial charge in [-0.1, -0.05) is 11.3 Å². The maximum Gasteiger partial charge on any atom is 0.234 e. The average molecular weight is 439 g/mol. The maximum absolute atomic E-state index is 10.1. The Kier molecular flexibility index (Phi) is 5.78. The molecule has 156 valence electrons. The first-order valence-corrected chi connectivity index (χ1v) is 10.8. The van der Waals surface area contributed by atoms with Gasteiger partial charge in [0.2, 0.25) is 4.96 Å². The molecule has 1 aromatic carbocycles. The number of hydrogen-bond acceptors (Lipinski definition) is 10. The molecule has 1 fully saturated rings. The van der Waals surface area contributed by atoms with Crippen molar-refractivity contribution in [3.8, 4) is 5.75 Å². The van der Waals surface area contributed by atoms with E-state index in [1.54, 1.807) is 37.2 Å². The van der Waals surface area contributed by atoms with Gasteiger partial charge in [-0.15, -0.1) is 22.0 Å². The summed E-state index contributed by atoms with van der Waals surface area (Å²) in [5, 5.41) is 33.4. The second kappa shape index (κ2) is 8.17. The summed E-state index contributed by atoms with van der Waals surface area (Å²) in [6.45, 7) is 3.06. The SMILES string of the molecule is COc1ccc(SCc2nn3c([C@H]4OC(C)(C)O[C@@H]4[C@H](O)CO)nnc3s2)cc1. The largest absolute Gasteiger partial charge is 0.497 e. The number of ether oxygens (including phenoxy) is 3. The van der Waals surface area contributed by atoms with Crippen LogP contribution in [-0.4, -0.2) is 61.7 Å². The molecule has 0 amide bonds. The molecule has 0 saturated carbocycles. The first kappa shape index (κ1) is 20.5. The summed E-state index contributed by atoms with van der Waals surface area (Å²) in [5.74, 6) is 1.02. The fraction of sp³-hybridized carbons (Fsp3) is 0.500. The lowest BCUT2D eigenvalue weighted by Gasteiger charge is -2.19. The quantitative estimate of drug-likeness (QED) is 0.535. The molecule has 1 aliphatic heterocycles. The normalized spacial score (nSPS) is 22.2. The minimum Gasteiger partial charge on any atom is -0.497 e. The Hall–Kier alpha value is -1.76. The van der Waals surface area contributed by atoms with E-state index in [1.165, 1.54) is 11.3 Å². The summed E-state index contributed by atoms with van der Waals surface area (Å²) in [6, 6.07) is 7.85. The van der Waals surface area contributed by atoms with Crippen LogP contribution in [0, 0.1) is 0 Å². The Morgan fingerprint density at radius 3 is 2.72 bits per heavy atom. The molecular weight excluding hydrogens is 416 g/mol. The summed E-state index contributed by atoms with van der Waals surface area (Å²) in [4.78, 5) is 1.74. The predicted molar refractivity (Wildman–Crippen MR) is 107 cm³/mol. The van der Waals surface area contributed by atoms with Gasteiger partial charge < -0.3 is 24.4 Å². The van der Waals surface area contributed by atoms with E-state index in [4.69, 9.17) is 14.2 Å². The van der Waals surface area contributed by atoms with E-state index in [2.05, 4.69) is 15.3 Å². The third-order valence-corrected chi connectivity index (χ3v) is 6.53. The molecule has 0 unspecified atom stereocenters. The number of aromatic nitrogens is 4. The van der Waals surface area contributed by atoms with Gasteiger partial charge in [-0.3, -0.25) is 0 Å². The molecule has 2 N–H and O–H groups in total. The number of hydrogen-bond donors (Lipinski definition) is 2. The van der Waals surface area contributed by atoms with Gasteiger partial charge in [-0.05, 0) is 38.1 Å². The van der Waals surface area contributed by atoms with E-state index < -0.39 is 30.7 Å². The zero-order valence-corrected chi connectivity index (χ0v) is 17.8. The molecule has 3 heterocycles. The molecule has 1 saturated heterocycles. The van der Waals surface area contributed by atoms with Gasteiger partial charge in [0.1, 0.15) is 23.0 Å². The van der Waals surface area contributed by atoms with E-state index in [0.717, 1.165) is 15.7 Å². The third kappa shape index (κ3) is 4.25. The van der Waals surface area contributed by atoms with Crippen molar-refractivity contribution in [3.05, 3.63) is 35.1 Å². The van der Waals surface area contributed by atoms with Gasteiger partial charge in [-0.2, -0.15) is 9.61 Å². The van der Waals surface area contributed by atoms with Crippen molar-refractivity contribution in [2.75, 3.05) is 13.7 Å². The highest BCUT2D eigenvalue weighted by atomic mass is 32.2. The first-order valence-electron chi connectivity index (χ1n) is 9.02. The average Bonchev–Trinajstić information content (AvgIpc) is 3.38. The highest BCUT2D eigenvalue weighted by Crippen LogP contribution is 2.39. The van der Waals surface area contributed by atoms with Crippen LogP contribution < -0.4 is 4.74 Å². The fourth-order valence-electron chi connectivity index (χ4n) is 3.10. The third-order valence-electron chi connectivity index (χ3n) is 4.43. The Bertz CT molecular complexity index is 974. The van der Waals surface area contributed by atoms with Gasteiger partial charge >= 0.3 is 0 Å². The van der Waals surface area contributed by atoms with Gasteiger partial charge in [0.05, 0.1) is 19.5 Å². The number of fused-ring (bicyclic) bond motifs is 1. The first-order chi connectivity index (χ1) is 13.9. The summed E-state index contributed by atoms with van der Waals surface area (Å²) < 4.78 is 18.5. The van der Waals surface area contributed by atoms with Crippen LogP contribution in [0.1, 0.15) is 30.8 Å². The molecule has 0 radical (unpaired) electrons. The van der Waals surface area contributed by atoms with E-state index >= 15 is 0 Å². The summed E-state index contributed by atoms with van der Waals surface area (Å²) in [6.07, 6.45) is -2.55. The molecule has 0 spiro atoms. The van der Waals surface area contributed by atoms with Crippen LogP contribution in [0.25, 0.3) is 4.96 Å². The Morgan fingerprint density at radius 2 is 2.03 bits per heavy atom. The second-order valence-electron chi connectivity index (χ2n) is 6.98. The monoisotopic (exact) mass is 438 g/mol. The minimum atomic E-state index is -1.10. The number of rotatable bonds is 7. The number of thioether (sulfide) groups is 1. The lowest BCUT2D eigenvalue weighted by atomic mass is 10.1. The van der Waals surface area contributed by atoms with Crippen LogP contribution in [0.3, 0.4) is 0 Å². The van der Waals surface area contributed by atoms with Crippen LogP contribution in [0.15, 0.2) is 29.2 Å². The number of nitrogens with zero attached hydrogens (tertiary/aromatic N) is 4. The van der Waals surface area contributed by atoms with Gasteiger partial charge in [0.15, 0.2) is 17.7 Å². The van der Waals surface area contributed by atoms with Crippen molar-refractivity contribution in [1.82, 2.24) is 19.8 Å². The standard InChI is InChI=1S/C18H22N4O5S2/c1-18(2)26-14(12(24)8-23)15(27-18)16-19-20-17-22(16)21-13(29-17)9-28-11-6-4-10(25-3)5-7-11/h4-7,12,14-15,23-24H,8-9H2,1-3H3/t12-,14-,15+/m1/s1. The second-order valence-corrected chi connectivity index (χ2v) is 9.07. The van der Waals surface area contributed by atoms with Gasteiger partial charge in [-0.25, -0.2) is 0 Å². The van der Waals surface area contributed by atoms with E-state index in [9.17, 15) is 10.2 Å². The van der Waals surface area contributed by atoms with Crippen molar-refractivity contribution in [2.45, 2.75) is 48.6 Å². The molecular formula is C18H22N4O5S2. The summed E-state index contributed by atoms with van der Waals surface area (Å²) in [5.41, 5.74) is 0. The number of aliphatic hydroxyl groups is 2. The maximum atomic E-state index is 10.1. The molecule has 2 aromatic heterocycles. The smallest absolute Gasteiger partial charge is 0.234 e. The molecule has 9 nitrogen and oxygen atoms in total. The van der Waals surface area contributed by atoms with Crippen molar-refractivity contribution < 1.29 is 24.4 Å². The highest BCUT2D eigenvalue weighted by molar-refractivity contribution is 7.98. The zero-order chi connectivity index (χ0) is 20.6. The predicted octanol–water partition coefficient (Wildman–Crippen LogP) is 2.03. The Morgan fingerprint density at radius 1 is 1.28 bits per heavy atom. The van der Waals surface area contributed by atoms with E-state index in [-0.39, 0.29) is 0 Å². The van der Waals surface area contributed by atoms with Crippen LogP contribution in [0.5, 0.6) is 5.75 Å². The molecule has 0 aliphatic carbocycles.